The van der Waals surface area contributed by atoms with Crippen LogP contribution < -0.4 is 15.8 Å². The van der Waals surface area contributed by atoms with Crippen molar-refractivity contribution >= 4 is 33.0 Å². The summed E-state index contributed by atoms with van der Waals surface area (Å²) < 4.78 is 39.7. The number of hydrogen-bond acceptors (Lipinski definition) is 10. The van der Waals surface area contributed by atoms with Gasteiger partial charge < -0.3 is 25.3 Å². The zero-order chi connectivity index (χ0) is 30.4. The van der Waals surface area contributed by atoms with E-state index in [-0.39, 0.29) is 48.5 Å². The number of carbonyl (C=O) groups excluding carboxylic acids is 1. The minimum absolute atomic E-state index is 0.0215. The van der Waals surface area contributed by atoms with Crippen molar-refractivity contribution in [3.8, 4) is 5.75 Å². The number of ether oxygens (including phenoxy) is 1. The number of sulfonamides is 1. The van der Waals surface area contributed by atoms with E-state index in [1.165, 1.54) is 28.7 Å². The molecule has 0 saturated carbocycles. The van der Waals surface area contributed by atoms with E-state index in [2.05, 4.69) is 20.3 Å². The second-order valence-corrected chi connectivity index (χ2v) is 12.4. The number of nitrogen functional groups attached to an aromatic ring is 1. The molecule has 2 aromatic carbocycles. The number of nitrogens with two attached hydrogens (primary N) is 1. The van der Waals surface area contributed by atoms with E-state index >= 15 is 0 Å². The first-order valence-electron chi connectivity index (χ1n) is 13.5. The number of hydrogen-bond donors (Lipinski definition) is 3. The number of amides is 1. The monoisotopic (exact) mass is 596 g/mol. The summed E-state index contributed by atoms with van der Waals surface area (Å²) in [5, 5.41) is 14.3. The van der Waals surface area contributed by atoms with E-state index < -0.39 is 28.1 Å². The maximum Gasteiger partial charge on any atom is 0.292 e. The van der Waals surface area contributed by atoms with Gasteiger partial charge in [-0.1, -0.05) is 44.2 Å². The zero-order valence-corrected chi connectivity index (χ0v) is 24.8. The standard InChI is InChI=1S/C29H36N6O6S/c1-18(2)15-35(42(38,39)22-10-11-23-26(13-22)41-29(30)34-23)16-25(36)24(12-21-8-6-5-7-9-21)33-28(37)17-40-27-14-31-20(4)32-19(27)3/h5-11,13-14,18,24-25,36H,12,15-17H2,1-4H3,(H2,30,34)(H,33,37). The van der Waals surface area contributed by atoms with Crippen molar-refractivity contribution in [2.24, 2.45) is 5.92 Å². The molecule has 2 unspecified atom stereocenters. The van der Waals surface area contributed by atoms with Crippen LogP contribution in [0.2, 0.25) is 0 Å². The molecule has 13 heteroatoms. The number of fused-ring (bicyclic) bond motifs is 1. The molecular weight excluding hydrogens is 560 g/mol. The van der Waals surface area contributed by atoms with Gasteiger partial charge in [0, 0.05) is 19.2 Å². The number of benzene rings is 2. The van der Waals surface area contributed by atoms with Crippen LogP contribution in [0.4, 0.5) is 6.01 Å². The predicted octanol–water partition coefficient (Wildman–Crippen LogP) is 2.63. The maximum atomic E-state index is 13.8. The fourth-order valence-corrected chi connectivity index (χ4v) is 6.14. The summed E-state index contributed by atoms with van der Waals surface area (Å²) in [7, 11) is -4.07. The Morgan fingerprint density at radius 1 is 1.12 bits per heavy atom. The van der Waals surface area contributed by atoms with E-state index in [4.69, 9.17) is 14.9 Å². The average Bonchev–Trinajstić information content (AvgIpc) is 3.31. The highest BCUT2D eigenvalue weighted by Crippen LogP contribution is 2.25. The van der Waals surface area contributed by atoms with Crippen LogP contribution in [-0.2, 0) is 21.2 Å². The normalized spacial score (nSPS) is 13.4. The van der Waals surface area contributed by atoms with Crippen LogP contribution in [0, 0.1) is 19.8 Å². The van der Waals surface area contributed by atoms with Crippen molar-refractivity contribution in [2.45, 2.75) is 51.2 Å². The second kappa shape index (κ2) is 13.3. The van der Waals surface area contributed by atoms with Gasteiger partial charge in [-0.2, -0.15) is 9.29 Å². The molecule has 2 aromatic heterocycles. The van der Waals surface area contributed by atoms with Crippen LogP contribution in [0.25, 0.3) is 11.1 Å². The van der Waals surface area contributed by atoms with E-state index in [0.717, 1.165) is 5.56 Å². The Hall–Kier alpha value is -4.07. The third-order valence-electron chi connectivity index (χ3n) is 6.50. The van der Waals surface area contributed by atoms with Crippen LogP contribution >= 0.6 is 0 Å². The number of aryl methyl sites for hydroxylation is 2. The third kappa shape index (κ3) is 7.81. The van der Waals surface area contributed by atoms with Crippen molar-refractivity contribution in [2.75, 3.05) is 25.4 Å². The molecule has 2 heterocycles. The molecule has 1 amide bonds. The van der Waals surface area contributed by atoms with Gasteiger partial charge in [-0.25, -0.2) is 18.4 Å². The Kier molecular flexibility index (Phi) is 9.76. The number of nitrogens with one attached hydrogen (secondary N) is 1. The van der Waals surface area contributed by atoms with Crippen molar-refractivity contribution in [1.82, 2.24) is 24.6 Å². The SMILES string of the molecule is Cc1ncc(OCC(=O)NC(Cc2ccccc2)C(O)CN(CC(C)C)S(=O)(=O)c2ccc3nc(N)oc3c2)c(C)n1. The second-order valence-electron chi connectivity index (χ2n) is 10.5. The molecule has 0 saturated heterocycles. The Labute approximate surface area is 245 Å². The fraction of sp³-hybridized carbons (Fsp3) is 0.379. The van der Waals surface area contributed by atoms with E-state index in [1.807, 2.05) is 44.2 Å². The molecule has 4 N–H and O–H groups in total. The number of aliphatic hydroxyl groups excluding tert-OH is 1. The smallest absolute Gasteiger partial charge is 0.292 e. The molecule has 0 aliphatic carbocycles. The van der Waals surface area contributed by atoms with Gasteiger partial charge in [-0.15, -0.1) is 0 Å². The Bertz CT molecular complexity index is 1630. The Balaban J connectivity index is 1.55. The third-order valence-corrected chi connectivity index (χ3v) is 8.32. The summed E-state index contributed by atoms with van der Waals surface area (Å²) in [6, 6.07) is 12.7. The summed E-state index contributed by atoms with van der Waals surface area (Å²) in [6.07, 6.45) is 0.511. The number of oxazole rings is 1. The number of nitrogens with zero attached hydrogens (tertiary/aromatic N) is 4. The van der Waals surface area contributed by atoms with Gasteiger partial charge >= 0.3 is 0 Å². The molecule has 0 spiro atoms. The van der Waals surface area contributed by atoms with Crippen LogP contribution in [0.1, 0.15) is 30.9 Å². The molecule has 0 aliphatic heterocycles. The van der Waals surface area contributed by atoms with Crippen molar-refractivity contribution in [3.63, 3.8) is 0 Å². The van der Waals surface area contributed by atoms with Crippen molar-refractivity contribution < 1.29 is 27.5 Å². The summed E-state index contributed by atoms with van der Waals surface area (Å²) in [4.78, 5) is 25.3. The molecule has 0 radical (unpaired) electrons. The number of rotatable bonds is 13. The van der Waals surface area contributed by atoms with Gasteiger partial charge in [0.05, 0.1) is 28.9 Å². The largest absolute Gasteiger partial charge is 0.480 e. The minimum atomic E-state index is -4.07. The lowest BCUT2D eigenvalue weighted by atomic mass is 10.0. The van der Waals surface area contributed by atoms with Gasteiger partial charge in [0.1, 0.15) is 11.3 Å². The highest BCUT2D eigenvalue weighted by molar-refractivity contribution is 7.89. The lowest BCUT2D eigenvalue weighted by Gasteiger charge is -2.30. The first-order chi connectivity index (χ1) is 19.9. The Morgan fingerprint density at radius 3 is 2.55 bits per heavy atom. The molecule has 4 rings (SSSR count). The molecule has 4 aromatic rings. The molecule has 0 aliphatic rings. The quantitative estimate of drug-likeness (QED) is 0.208. The number of anilines is 1. The molecule has 0 bridgehead atoms. The lowest BCUT2D eigenvalue weighted by Crippen LogP contribution is -2.52. The summed E-state index contributed by atoms with van der Waals surface area (Å²) >= 11 is 0. The summed E-state index contributed by atoms with van der Waals surface area (Å²) in [5.74, 6) is 0.422. The van der Waals surface area contributed by atoms with Crippen molar-refractivity contribution in [3.05, 3.63) is 71.8 Å². The first kappa shape index (κ1) is 30.9. The van der Waals surface area contributed by atoms with Gasteiger partial charge in [0.2, 0.25) is 10.0 Å². The highest BCUT2D eigenvalue weighted by Gasteiger charge is 2.32. The summed E-state index contributed by atoms with van der Waals surface area (Å²) in [5.41, 5.74) is 7.75. The molecule has 2 atom stereocenters. The maximum absolute atomic E-state index is 13.8. The predicted molar refractivity (Wildman–Crippen MR) is 157 cm³/mol. The number of aromatic nitrogens is 3. The topological polar surface area (TPSA) is 174 Å². The summed E-state index contributed by atoms with van der Waals surface area (Å²) in [6.45, 7) is 6.81. The highest BCUT2D eigenvalue weighted by atomic mass is 32.2. The fourth-order valence-electron chi connectivity index (χ4n) is 4.50. The van der Waals surface area contributed by atoms with Crippen LogP contribution in [0.5, 0.6) is 5.75 Å². The molecule has 12 nitrogen and oxygen atoms in total. The van der Waals surface area contributed by atoms with Gasteiger partial charge in [-0.3, -0.25) is 4.79 Å². The average molecular weight is 597 g/mol. The number of aliphatic hydroxyl groups is 1. The van der Waals surface area contributed by atoms with Gasteiger partial charge in [0.25, 0.3) is 11.9 Å². The first-order valence-corrected chi connectivity index (χ1v) is 15.0. The molecular formula is C29H36N6O6S. The zero-order valence-electron chi connectivity index (χ0n) is 24.0. The van der Waals surface area contributed by atoms with E-state index in [9.17, 15) is 18.3 Å². The Morgan fingerprint density at radius 2 is 1.86 bits per heavy atom. The van der Waals surface area contributed by atoms with Crippen molar-refractivity contribution in [1.29, 1.82) is 0 Å². The lowest BCUT2D eigenvalue weighted by molar-refractivity contribution is -0.124. The van der Waals surface area contributed by atoms with Crippen LogP contribution in [0.15, 0.2) is 64.0 Å². The molecule has 42 heavy (non-hydrogen) atoms. The minimum Gasteiger partial charge on any atom is -0.480 e. The molecule has 224 valence electrons. The van der Waals surface area contributed by atoms with E-state index in [1.54, 1.807) is 13.8 Å². The van der Waals surface area contributed by atoms with Crippen LogP contribution in [0.3, 0.4) is 0 Å². The van der Waals surface area contributed by atoms with Gasteiger partial charge in [-0.05, 0) is 43.9 Å². The molecule has 0 fully saturated rings. The van der Waals surface area contributed by atoms with Gasteiger partial charge in [0.15, 0.2) is 17.9 Å². The van der Waals surface area contributed by atoms with E-state index in [0.29, 0.717) is 22.8 Å². The number of carbonyl (C=O) groups is 1. The van der Waals surface area contributed by atoms with Crippen LogP contribution in [-0.4, -0.2) is 70.5 Å².